The summed E-state index contributed by atoms with van der Waals surface area (Å²) in [4.78, 5) is 24.7. The first-order valence-electron chi connectivity index (χ1n) is 11.4. The third kappa shape index (κ3) is 4.95. The molecule has 0 aliphatic carbocycles. The quantitative estimate of drug-likeness (QED) is 0.262. The molecule has 0 spiro atoms. The summed E-state index contributed by atoms with van der Waals surface area (Å²) < 4.78 is 9.47. The Labute approximate surface area is 196 Å². The van der Waals surface area contributed by atoms with E-state index < -0.39 is 7.79 Å². The summed E-state index contributed by atoms with van der Waals surface area (Å²) in [5, 5.41) is 0. The van der Waals surface area contributed by atoms with Gasteiger partial charge in [-0.1, -0.05) is 0 Å². The monoisotopic (exact) mass is 462 g/mol. The fraction of sp³-hybridized carbons (Fsp3) is 0.222. The van der Waals surface area contributed by atoms with Gasteiger partial charge >= 0.3 is 196 Å². The standard InChI is InChI=1S/C27H31N2O3P/c1-2-32-27(30)20-12-19-26(23-13-6-3-7-14-23)33(31)28(24-15-8-4-9-16-24)21-22-29(33)25-17-10-5-11-18-25/h3-18,20,26,31,33H,2,19,21-22H2,1H3/b20-12+. The summed E-state index contributed by atoms with van der Waals surface area (Å²) in [5.41, 5.74) is 2.90. The average molecular weight is 463 g/mol. The number of rotatable bonds is 8. The third-order valence-electron chi connectivity index (χ3n) is 6.06. The fourth-order valence-corrected chi connectivity index (χ4v) is 8.65. The fourth-order valence-electron chi connectivity index (χ4n) is 4.60. The van der Waals surface area contributed by atoms with Gasteiger partial charge in [0.2, 0.25) is 0 Å². The number of hydrogen-bond acceptors (Lipinski definition) is 5. The van der Waals surface area contributed by atoms with E-state index in [9.17, 15) is 9.69 Å². The molecular formula is C27H31N2O3P. The molecule has 0 aromatic heterocycles. The zero-order valence-corrected chi connectivity index (χ0v) is 19.9. The molecule has 3 aromatic rings. The molecule has 0 bridgehead atoms. The van der Waals surface area contributed by atoms with Crippen LogP contribution in [-0.2, 0) is 9.53 Å². The predicted molar refractivity (Wildman–Crippen MR) is 138 cm³/mol. The molecule has 1 aliphatic heterocycles. The van der Waals surface area contributed by atoms with E-state index in [4.69, 9.17) is 4.74 Å². The molecule has 0 amide bonds. The van der Waals surface area contributed by atoms with Gasteiger partial charge in [-0.2, -0.15) is 0 Å². The van der Waals surface area contributed by atoms with E-state index in [0.717, 1.165) is 30.0 Å². The molecule has 172 valence electrons. The van der Waals surface area contributed by atoms with Crippen molar-refractivity contribution >= 4 is 25.1 Å². The number of anilines is 2. The van der Waals surface area contributed by atoms with Crippen LogP contribution in [-0.4, -0.2) is 30.6 Å². The van der Waals surface area contributed by atoms with E-state index in [0.29, 0.717) is 13.0 Å². The van der Waals surface area contributed by atoms with Crippen molar-refractivity contribution < 1.29 is 14.4 Å². The predicted octanol–water partition coefficient (Wildman–Crippen LogP) is 5.75. The van der Waals surface area contributed by atoms with Gasteiger partial charge in [0, 0.05) is 0 Å². The zero-order valence-electron chi connectivity index (χ0n) is 18.9. The van der Waals surface area contributed by atoms with E-state index in [1.54, 1.807) is 6.92 Å². The van der Waals surface area contributed by atoms with Crippen molar-refractivity contribution in [3.63, 3.8) is 0 Å². The Morgan fingerprint density at radius 2 is 1.39 bits per heavy atom. The number of esters is 1. The van der Waals surface area contributed by atoms with Crippen molar-refractivity contribution in [2.45, 2.75) is 19.0 Å². The normalized spacial score (nSPS) is 17.2. The molecule has 1 N–H and O–H groups in total. The van der Waals surface area contributed by atoms with Crippen molar-refractivity contribution in [2.75, 3.05) is 29.0 Å². The average Bonchev–Trinajstić information content (AvgIpc) is 3.21. The van der Waals surface area contributed by atoms with Crippen molar-refractivity contribution in [3.05, 3.63) is 109 Å². The van der Waals surface area contributed by atoms with Crippen LogP contribution < -0.4 is 9.34 Å². The van der Waals surface area contributed by atoms with E-state index >= 15 is 0 Å². The van der Waals surface area contributed by atoms with Gasteiger partial charge in [0.1, 0.15) is 0 Å². The minimum absolute atomic E-state index is 0.188. The van der Waals surface area contributed by atoms with Gasteiger partial charge in [-0.05, 0) is 0 Å². The van der Waals surface area contributed by atoms with Gasteiger partial charge in [0.15, 0.2) is 0 Å². The van der Waals surface area contributed by atoms with Crippen molar-refractivity contribution in [2.24, 2.45) is 0 Å². The summed E-state index contributed by atoms with van der Waals surface area (Å²) in [5.74, 6) is -0.357. The number of benzene rings is 3. The molecule has 1 saturated heterocycles. The van der Waals surface area contributed by atoms with Crippen LogP contribution in [0, 0.1) is 0 Å². The molecule has 4 rings (SSSR count). The Morgan fingerprint density at radius 1 is 0.909 bits per heavy atom. The van der Waals surface area contributed by atoms with Crippen molar-refractivity contribution in [3.8, 4) is 0 Å². The van der Waals surface area contributed by atoms with Crippen LogP contribution in [0.5, 0.6) is 0 Å². The Kier molecular flexibility index (Phi) is 7.43. The second kappa shape index (κ2) is 10.7. The molecule has 0 radical (unpaired) electrons. The van der Waals surface area contributed by atoms with Gasteiger partial charge in [-0.25, -0.2) is 0 Å². The maximum absolute atomic E-state index is 12.7. The molecular weight excluding hydrogens is 431 g/mol. The number of allylic oxidation sites excluding steroid dienone is 1. The van der Waals surface area contributed by atoms with Gasteiger partial charge in [-0.3, -0.25) is 0 Å². The molecule has 3 aromatic carbocycles. The molecule has 1 fully saturated rings. The summed E-state index contributed by atoms with van der Waals surface area (Å²) in [6.07, 6.45) is 3.84. The number of carbonyl (C=O) groups is 1. The maximum atomic E-state index is 12.7. The molecule has 1 aliphatic rings. The van der Waals surface area contributed by atoms with Gasteiger partial charge in [0.25, 0.3) is 0 Å². The Hall–Kier alpha value is -3.14. The summed E-state index contributed by atoms with van der Waals surface area (Å²) >= 11 is 0. The molecule has 6 heteroatoms. The second-order valence-corrected chi connectivity index (χ2v) is 11.2. The van der Waals surface area contributed by atoms with Crippen LogP contribution in [0.1, 0.15) is 24.6 Å². The number of carbonyl (C=O) groups excluding carboxylic acids is 1. The number of ether oxygens (including phenoxy) is 1. The van der Waals surface area contributed by atoms with Crippen LogP contribution in [0.4, 0.5) is 11.4 Å². The molecule has 33 heavy (non-hydrogen) atoms. The molecule has 1 atom stereocenters. The van der Waals surface area contributed by atoms with Crippen LogP contribution in [0.2, 0.25) is 0 Å². The second-order valence-electron chi connectivity index (χ2n) is 8.02. The van der Waals surface area contributed by atoms with Crippen LogP contribution >= 0.6 is 7.79 Å². The first-order chi connectivity index (χ1) is 16.1. The minimum atomic E-state index is -3.32. The first kappa shape index (κ1) is 23.0. The topological polar surface area (TPSA) is 53.0 Å². The van der Waals surface area contributed by atoms with Gasteiger partial charge in [-0.15, -0.1) is 0 Å². The molecule has 1 unspecified atom stereocenters. The van der Waals surface area contributed by atoms with Crippen molar-refractivity contribution in [1.82, 2.24) is 0 Å². The number of para-hydroxylation sites is 2. The van der Waals surface area contributed by atoms with Crippen LogP contribution in [0.15, 0.2) is 103 Å². The third-order valence-corrected chi connectivity index (χ3v) is 10.1. The molecule has 5 nitrogen and oxygen atoms in total. The number of hydrogen-bond donors (Lipinski definition) is 1. The molecule has 0 saturated carbocycles. The van der Waals surface area contributed by atoms with E-state index in [2.05, 4.69) is 45.7 Å². The number of nitrogens with zero attached hydrogens (tertiary/aromatic N) is 2. The summed E-state index contributed by atoms with van der Waals surface area (Å²) in [7, 11) is -3.32. The Morgan fingerprint density at radius 3 is 1.88 bits per heavy atom. The zero-order chi connectivity index (χ0) is 23.1. The van der Waals surface area contributed by atoms with Crippen LogP contribution in [0.25, 0.3) is 0 Å². The summed E-state index contributed by atoms with van der Waals surface area (Å²) in [6.45, 7) is 3.59. The first-order valence-corrected chi connectivity index (χ1v) is 13.3. The summed E-state index contributed by atoms with van der Waals surface area (Å²) in [6, 6.07) is 30.4. The van der Waals surface area contributed by atoms with E-state index in [1.807, 2.05) is 60.7 Å². The van der Waals surface area contributed by atoms with Gasteiger partial charge < -0.3 is 0 Å². The molecule has 1 heterocycles. The van der Waals surface area contributed by atoms with E-state index in [-0.39, 0.29) is 11.6 Å². The SMILES string of the molecule is CCOC(=O)/C=C/CC(c1ccccc1)[PH]1(O)N(c2ccccc2)CCN1c1ccccc1. The van der Waals surface area contributed by atoms with Gasteiger partial charge in [0.05, 0.1) is 0 Å². The Bertz CT molecular complexity index is 1010. The Balaban J connectivity index is 1.80. The van der Waals surface area contributed by atoms with E-state index in [1.165, 1.54) is 6.08 Å². The van der Waals surface area contributed by atoms with Crippen LogP contribution in [0.3, 0.4) is 0 Å². The van der Waals surface area contributed by atoms with Crippen molar-refractivity contribution in [1.29, 1.82) is 0 Å².